The molecule has 1 unspecified atom stereocenters. The largest absolute Gasteiger partial charge is 0.474 e. The van der Waals surface area contributed by atoms with Crippen LogP contribution in [0.4, 0.5) is 0 Å². The van der Waals surface area contributed by atoms with Crippen LogP contribution in [-0.2, 0) is 9.30 Å². The molecule has 0 radical (unpaired) electrons. The van der Waals surface area contributed by atoms with Crippen molar-refractivity contribution in [3.05, 3.63) is 88.7 Å². The lowest BCUT2D eigenvalue weighted by atomic mass is 10.1. The van der Waals surface area contributed by atoms with Crippen LogP contribution in [0.2, 0.25) is 10.0 Å². The Morgan fingerprint density at radius 2 is 1.74 bits per heavy atom. The van der Waals surface area contributed by atoms with Crippen LogP contribution in [0.5, 0.6) is 0 Å². The summed E-state index contributed by atoms with van der Waals surface area (Å²) in [4.78, 5) is 9.56. The molecule has 5 nitrogen and oxygen atoms in total. The Morgan fingerprint density at radius 3 is 2.39 bits per heavy atom. The molecule has 3 aromatic carbocycles. The number of rotatable bonds is 6. The first kappa shape index (κ1) is 28.5. The van der Waals surface area contributed by atoms with E-state index in [0.717, 1.165) is 27.7 Å². The fourth-order valence-corrected chi connectivity index (χ4v) is 6.55. The lowest BCUT2D eigenvalue weighted by Crippen LogP contribution is -2.17. The highest BCUT2D eigenvalue weighted by Crippen LogP contribution is 2.52. The van der Waals surface area contributed by atoms with Gasteiger partial charge in [-0.1, -0.05) is 78.4 Å². The molecule has 1 aliphatic heterocycles. The molecular weight excluding hydrogens is 556 g/mol. The maximum absolute atomic E-state index is 12.9. The molecule has 2 heterocycles. The lowest BCUT2D eigenvalue weighted by Gasteiger charge is -2.14. The van der Waals surface area contributed by atoms with E-state index in [1.807, 2.05) is 97.6 Å². The molecule has 0 bridgehead atoms. The number of aliphatic imine (C=N–C) groups is 1. The van der Waals surface area contributed by atoms with Gasteiger partial charge in [-0.05, 0) is 61.6 Å². The summed E-state index contributed by atoms with van der Waals surface area (Å²) >= 11 is 14.8. The second-order valence-corrected chi connectivity index (χ2v) is 16.1. The Balaban J connectivity index is 0.00000336. The molecule has 9 heteroatoms. The molecule has 1 aromatic heterocycles. The van der Waals surface area contributed by atoms with Gasteiger partial charge in [0.15, 0.2) is 6.34 Å². The number of nitrogens with zero attached hydrogens (tertiary/aromatic N) is 3. The Bertz CT molecular complexity index is 1580. The molecule has 0 N–H and O–H groups in total. The summed E-state index contributed by atoms with van der Waals surface area (Å²) in [5.74, 6) is 1.14. The van der Waals surface area contributed by atoms with E-state index >= 15 is 0 Å². The number of aromatic nitrogens is 2. The Labute approximate surface area is 238 Å². The SMILES string of the molecule is C.CSP(C)(=O)c1cccc(-c2ccc(-n3cc(C4=NC(C)(C)CO4)nc3-c3ccccc3Cl)c(Cl)c2)c1. The number of halogens is 2. The summed E-state index contributed by atoms with van der Waals surface area (Å²) in [6, 6.07) is 21.3. The average molecular weight is 587 g/mol. The van der Waals surface area contributed by atoms with Gasteiger partial charge < -0.3 is 9.30 Å². The molecule has 1 atom stereocenters. The first-order chi connectivity index (χ1) is 17.6. The normalized spacial score (nSPS) is 15.8. The van der Waals surface area contributed by atoms with E-state index in [1.165, 1.54) is 11.4 Å². The van der Waals surface area contributed by atoms with Crippen LogP contribution in [0.15, 0.2) is 77.9 Å². The number of hydrogen-bond acceptors (Lipinski definition) is 5. The topological polar surface area (TPSA) is 56.5 Å². The molecule has 0 aliphatic carbocycles. The molecule has 0 saturated heterocycles. The molecule has 4 aromatic rings. The standard InChI is InChI=1S/C28H26Cl2N3O2PS.CH4/c1-28(2)17-35-27(32-28)24-16-33(26(31-24)21-10-5-6-11-22(21)29)25-13-12-19(15-23(25)30)18-8-7-9-20(14-18)36(3,34)37-4;/h5-16H,17H2,1-4H3;1H4. The van der Waals surface area contributed by atoms with Crippen molar-refractivity contribution in [2.45, 2.75) is 26.8 Å². The van der Waals surface area contributed by atoms with Crippen molar-refractivity contribution in [3.8, 4) is 28.2 Å². The maximum atomic E-state index is 12.9. The minimum Gasteiger partial charge on any atom is -0.474 e. The lowest BCUT2D eigenvalue weighted by molar-refractivity contribution is 0.279. The van der Waals surface area contributed by atoms with E-state index in [4.69, 9.17) is 37.9 Å². The van der Waals surface area contributed by atoms with E-state index in [-0.39, 0.29) is 13.0 Å². The van der Waals surface area contributed by atoms with Gasteiger partial charge >= 0.3 is 0 Å². The predicted octanol–water partition coefficient (Wildman–Crippen LogP) is 8.60. The summed E-state index contributed by atoms with van der Waals surface area (Å²) in [5, 5.41) is 1.95. The Morgan fingerprint density at radius 1 is 1.00 bits per heavy atom. The van der Waals surface area contributed by atoms with Crippen molar-refractivity contribution in [1.82, 2.24) is 9.55 Å². The van der Waals surface area contributed by atoms with E-state index in [9.17, 15) is 4.57 Å². The van der Waals surface area contributed by atoms with Gasteiger partial charge in [-0.15, -0.1) is 0 Å². The smallest absolute Gasteiger partial charge is 0.237 e. The average Bonchev–Trinajstić information content (AvgIpc) is 3.47. The molecular formula is C29H30Cl2N3O2PS. The fourth-order valence-electron chi connectivity index (χ4n) is 4.14. The highest BCUT2D eigenvalue weighted by molar-refractivity contribution is 8.59. The van der Waals surface area contributed by atoms with Crippen LogP contribution in [0.25, 0.3) is 28.2 Å². The van der Waals surface area contributed by atoms with Crippen LogP contribution in [-0.4, -0.2) is 40.5 Å². The molecule has 1 aliphatic rings. The first-order valence-corrected chi connectivity index (χ1v) is 16.4. The minimum atomic E-state index is -2.47. The molecule has 5 rings (SSSR count). The van der Waals surface area contributed by atoms with Gasteiger partial charge in [0.25, 0.3) is 0 Å². The summed E-state index contributed by atoms with van der Waals surface area (Å²) in [6.07, 6.45) is 1.29. The van der Waals surface area contributed by atoms with Gasteiger partial charge in [-0.3, -0.25) is 4.57 Å². The van der Waals surface area contributed by atoms with Crippen molar-refractivity contribution in [2.75, 3.05) is 19.5 Å². The van der Waals surface area contributed by atoms with E-state index < -0.39 is 6.34 Å². The number of imidazole rings is 1. The predicted molar refractivity (Wildman–Crippen MR) is 164 cm³/mol. The third-order valence-corrected chi connectivity index (χ3v) is 11.5. The molecule has 0 spiro atoms. The molecule has 0 saturated carbocycles. The summed E-state index contributed by atoms with van der Waals surface area (Å²) < 4.78 is 20.7. The zero-order valence-electron chi connectivity index (χ0n) is 20.9. The monoisotopic (exact) mass is 585 g/mol. The summed E-state index contributed by atoms with van der Waals surface area (Å²) in [6.45, 7) is 6.33. The highest BCUT2D eigenvalue weighted by Gasteiger charge is 2.29. The van der Waals surface area contributed by atoms with Gasteiger partial charge in [0.2, 0.25) is 5.90 Å². The highest BCUT2D eigenvalue weighted by atomic mass is 35.5. The number of ether oxygens (including phenoxy) is 1. The van der Waals surface area contributed by atoms with Crippen LogP contribution in [0, 0.1) is 0 Å². The van der Waals surface area contributed by atoms with Gasteiger partial charge in [0.05, 0.1) is 21.3 Å². The molecule has 38 heavy (non-hydrogen) atoms. The molecule has 198 valence electrons. The second-order valence-electron chi connectivity index (χ2n) is 9.56. The maximum Gasteiger partial charge on any atom is 0.237 e. The van der Waals surface area contributed by atoms with Crippen LogP contribution >= 0.6 is 40.9 Å². The van der Waals surface area contributed by atoms with E-state index in [2.05, 4.69) is 0 Å². The Kier molecular flexibility index (Phi) is 8.20. The van der Waals surface area contributed by atoms with E-state index in [0.29, 0.717) is 34.1 Å². The summed E-state index contributed by atoms with van der Waals surface area (Å²) in [5.41, 5.74) is 3.72. The molecule has 0 amide bonds. The van der Waals surface area contributed by atoms with Crippen molar-refractivity contribution < 1.29 is 9.30 Å². The van der Waals surface area contributed by atoms with Crippen molar-refractivity contribution in [1.29, 1.82) is 0 Å². The van der Waals surface area contributed by atoms with Gasteiger partial charge in [0.1, 0.15) is 18.1 Å². The van der Waals surface area contributed by atoms with Crippen molar-refractivity contribution in [2.24, 2.45) is 4.99 Å². The third kappa shape index (κ3) is 5.60. The van der Waals surface area contributed by atoms with Crippen molar-refractivity contribution in [3.63, 3.8) is 0 Å². The summed E-state index contributed by atoms with van der Waals surface area (Å²) in [7, 11) is 0. The Hall–Kier alpha value is -2.50. The second kappa shape index (κ2) is 10.9. The zero-order valence-corrected chi connectivity index (χ0v) is 24.1. The third-order valence-electron chi connectivity index (χ3n) is 6.21. The molecule has 0 fully saturated rings. The number of hydrogen-bond donors (Lipinski definition) is 0. The fraction of sp³-hybridized carbons (Fsp3) is 0.241. The zero-order chi connectivity index (χ0) is 26.4. The van der Waals surface area contributed by atoms with Gasteiger partial charge in [0, 0.05) is 23.7 Å². The van der Waals surface area contributed by atoms with Gasteiger partial charge in [-0.2, -0.15) is 0 Å². The van der Waals surface area contributed by atoms with Crippen LogP contribution in [0.1, 0.15) is 27.0 Å². The van der Waals surface area contributed by atoms with Crippen molar-refractivity contribution >= 4 is 52.1 Å². The van der Waals surface area contributed by atoms with Crippen LogP contribution in [0.3, 0.4) is 0 Å². The van der Waals surface area contributed by atoms with Gasteiger partial charge in [-0.25, -0.2) is 9.98 Å². The van der Waals surface area contributed by atoms with Crippen LogP contribution < -0.4 is 5.30 Å². The minimum absolute atomic E-state index is 0. The quantitative estimate of drug-likeness (QED) is 0.212. The number of benzene rings is 3. The van der Waals surface area contributed by atoms with E-state index in [1.54, 1.807) is 6.66 Å². The first-order valence-electron chi connectivity index (χ1n) is 11.7.